The monoisotopic (exact) mass is 472 g/mol. The molecular formula is C15H10Cl3F3N4O4. The van der Waals surface area contributed by atoms with Crippen LogP contribution in [0.1, 0.15) is 28.9 Å². The highest BCUT2D eigenvalue weighted by Gasteiger charge is 2.40. The van der Waals surface area contributed by atoms with Gasteiger partial charge in [0, 0.05) is 6.61 Å². The number of nitro groups is 1. The van der Waals surface area contributed by atoms with Gasteiger partial charge in [-0.1, -0.05) is 34.8 Å². The fourth-order valence-electron chi connectivity index (χ4n) is 2.91. The molecule has 2 heterocycles. The molecule has 29 heavy (non-hydrogen) atoms. The van der Waals surface area contributed by atoms with Gasteiger partial charge in [0.2, 0.25) is 11.6 Å². The van der Waals surface area contributed by atoms with Gasteiger partial charge in [0.1, 0.15) is 11.8 Å². The van der Waals surface area contributed by atoms with Crippen LogP contribution in [0, 0.1) is 10.1 Å². The number of rotatable bonds is 4. The van der Waals surface area contributed by atoms with Gasteiger partial charge in [0.25, 0.3) is 0 Å². The fraction of sp³-hybridized carbons (Fsp3) is 0.333. The first-order chi connectivity index (χ1) is 13.4. The van der Waals surface area contributed by atoms with E-state index in [-0.39, 0.29) is 13.0 Å². The zero-order chi connectivity index (χ0) is 21.7. The van der Waals surface area contributed by atoms with Gasteiger partial charge in [0.05, 0.1) is 25.6 Å². The molecule has 0 amide bonds. The molecule has 0 saturated carbocycles. The lowest BCUT2D eigenvalue weighted by Gasteiger charge is -2.16. The minimum Gasteiger partial charge on any atom is -0.376 e. The molecule has 0 aliphatic carbocycles. The van der Waals surface area contributed by atoms with Crippen molar-refractivity contribution in [2.45, 2.75) is 25.1 Å². The van der Waals surface area contributed by atoms with Crippen LogP contribution in [0.2, 0.25) is 15.1 Å². The number of Topliss-reactive ketones (excluding diaryl/α,β-unsaturated/α-hetero) is 1. The molecule has 0 spiro atoms. The van der Waals surface area contributed by atoms with E-state index in [0.717, 1.165) is 0 Å². The fourth-order valence-corrected chi connectivity index (χ4v) is 3.78. The Hall–Kier alpha value is -2.08. The molecule has 1 aliphatic rings. The van der Waals surface area contributed by atoms with Crippen LogP contribution < -0.4 is 5.73 Å². The number of nitrogens with zero attached hydrogens (tertiary/aromatic N) is 3. The normalized spacial score (nSPS) is 17.0. The number of halogens is 6. The Bertz CT molecular complexity index is 1020. The topological polar surface area (TPSA) is 113 Å². The van der Waals surface area contributed by atoms with Crippen LogP contribution >= 0.6 is 34.8 Å². The highest BCUT2D eigenvalue weighted by molar-refractivity contribution is 6.45. The van der Waals surface area contributed by atoms with Crippen LogP contribution in [0.4, 0.5) is 24.7 Å². The summed E-state index contributed by atoms with van der Waals surface area (Å²) in [6.45, 7) is 0.265. The average Bonchev–Trinajstić information content (AvgIpc) is 3.24. The predicted molar refractivity (Wildman–Crippen MR) is 98.0 cm³/mol. The maximum absolute atomic E-state index is 13.1. The zero-order valence-electron chi connectivity index (χ0n) is 14.1. The van der Waals surface area contributed by atoms with E-state index in [1.807, 2.05) is 0 Å². The molecule has 1 saturated heterocycles. The molecule has 0 bridgehead atoms. The molecule has 1 aromatic carbocycles. The first-order valence-corrected chi connectivity index (χ1v) is 9.02. The minimum absolute atomic E-state index is 0.265. The van der Waals surface area contributed by atoms with Crippen molar-refractivity contribution in [2.75, 3.05) is 12.3 Å². The first-order valence-electron chi connectivity index (χ1n) is 7.88. The number of aromatic nitrogens is 2. The van der Waals surface area contributed by atoms with Gasteiger partial charge >= 0.3 is 11.9 Å². The van der Waals surface area contributed by atoms with Gasteiger partial charge in [-0.3, -0.25) is 14.9 Å². The van der Waals surface area contributed by atoms with Gasteiger partial charge in [-0.25, -0.2) is 4.68 Å². The average molecular weight is 474 g/mol. The lowest BCUT2D eigenvalue weighted by atomic mass is 10.1. The Morgan fingerprint density at radius 1 is 1.34 bits per heavy atom. The summed E-state index contributed by atoms with van der Waals surface area (Å²) >= 11 is 17.7. The number of benzene rings is 1. The van der Waals surface area contributed by atoms with Crippen molar-refractivity contribution in [3.05, 3.63) is 42.5 Å². The number of ether oxygens (including phenoxy) is 1. The number of carbonyl (C=O) groups is 1. The Morgan fingerprint density at radius 2 is 2.00 bits per heavy atom. The molecule has 2 N–H and O–H groups in total. The predicted octanol–water partition coefficient (Wildman–Crippen LogP) is 4.70. The van der Waals surface area contributed by atoms with Crippen molar-refractivity contribution in [2.24, 2.45) is 0 Å². The van der Waals surface area contributed by atoms with Crippen LogP contribution in [0.25, 0.3) is 5.69 Å². The summed E-state index contributed by atoms with van der Waals surface area (Å²) in [7, 11) is 0. The number of nitrogens with two attached hydrogens (primary N) is 1. The van der Waals surface area contributed by atoms with E-state index in [1.54, 1.807) is 0 Å². The van der Waals surface area contributed by atoms with E-state index in [0.29, 0.717) is 17.2 Å². The number of alkyl halides is 3. The molecule has 8 nitrogen and oxygen atoms in total. The van der Waals surface area contributed by atoms with E-state index < -0.39 is 66.5 Å². The Kier molecular flexibility index (Phi) is 5.69. The van der Waals surface area contributed by atoms with E-state index >= 15 is 0 Å². The maximum Gasteiger partial charge on any atom is 0.417 e. The molecule has 14 heteroatoms. The van der Waals surface area contributed by atoms with Crippen LogP contribution in [0.5, 0.6) is 0 Å². The summed E-state index contributed by atoms with van der Waals surface area (Å²) in [4.78, 5) is 23.4. The van der Waals surface area contributed by atoms with Crippen molar-refractivity contribution in [3.8, 4) is 5.69 Å². The highest BCUT2D eigenvalue weighted by Crippen LogP contribution is 2.45. The smallest absolute Gasteiger partial charge is 0.376 e. The molecule has 1 aromatic heterocycles. The summed E-state index contributed by atoms with van der Waals surface area (Å²) in [5.74, 6) is -1.49. The summed E-state index contributed by atoms with van der Waals surface area (Å²) in [6, 6.07) is 0.481. The third-order valence-corrected chi connectivity index (χ3v) is 5.32. The third kappa shape index (κ3) is 3.75. The lowest BCUT2D eigenvalue weighted by molar-refractivity contribution is -0.384. The second-order valence-electron chi connectivity index (χ2n) is 6.00. The molecule has 0 radical (unpaired) electrons. The number of hydrogen-bond donors (Lipinski definition) is 1. The first kappa shape index (κ1) is 21.6. The standard InChI is InChI=1S/C15H10Cl3F3N4O4/c16-6-4-5(15(19,20)21)8(17)9(18)10(6)24-11(12(25(27)28)14(22)23-24)13(26)7-2-1-3-29-7/h4,7H,1-3H2,(H2,22,23). The molecule has 1 atom stereocenters. The van der Waals surface area contributed by atoms with Crippen LogP contribution in [-0.2, 0) is 10.9 Å². The molecule has 2 aromatic rings. The van der Waals surface area contributed by atoms with Crippen LogP contribution in [-0.4, -0.2) is 33.2 Å². The zero-order valence-corrected chi connectivity index (χ0v) is 16.4. The maximum atomic E-state index is 13.1. The van der Waals surface area contributed by atoms with Gasteiger partial charge in [-0.05, 0) is 18.9 Å². The molecular weight excluding hydrogens is 464 g/mol. The van der Waals surface area contributed by atoms with Crippen molar-refractivity contribution in [1.82, 2.24) is 9.78 Å². The molecule has 156 valence electrons. The van der Waals surface area contributed by atoms with Crippen molar-refractivity contribution in [3.63, 3.8) is 0 Å². The second kappa shape index (κ2) is 7.63. The number of nitrogen functional groups attached to an aromatic ring is 1. The minimum atomic E-state index is -4.87. The van der Waals surface area contributed by atoms with Gasteiger partial charge in [-0.15, -0.1) is 5.10 Å². The number of ketones is 1. The molecule has 1 aliphatic heterocycles. The number of carbonyl (C=O) groups excluding carboxylic acids is 1. The SMILES string of the molecule is Nc1nn(-c2c(Cl)cc(C(F)(F)F)c(Cl)c2Cl)c(C(=O)C2CCCO2)c1[N+](=O)[O-]. The lowest BCUT2D eigenvalue weighted by Crippen LogP contribution is -2.24. The Labute approximate surface area is 175 Å². The van der Waals surface area contributed by atoms with Crippen molar-refractivity contribution < 1.29 is 27.6 Å². The second-order valence-corrected chi connectivity index (χ2v) is 7.16. The summed E-state index contributed by atoms with van der Waals surface area (Å²) in [6.07, 6.45) is -5.04. The van der Waals surface area contributed by atoms with E-state index in [9.17, 15) is 28.1 Å². The largest absolute Gasteiger partial charge is 0.417 e. The molecule has 1 unspecified atom stereocenters. The Morgan fingerprint density at radius 3 is 2.52 bits per heavy atom. The third-order valence-electron chi connectivity index (χ3n) is 4.18. The van der Waals surface area contributed by atoms with E-state index in [4.69, 9.17) is 45.3 Å². The molecule has 3 rings (SSSR count). The summed E-state index contributed by atoms with van der Waals surface area (Å²) in [5.41, 5.74) is 2.35. The van der Waals surface area contributed by atoms with Crippen molar-refractivity contribution >= 4 is 52.1 Å². The van der Waals surface area contributed by atoms with Gasteiger partial charge < -0.3 is 10.5 Å². The highest BCUT2D eigenvalue weighted by atomic mass is 35.5. The summed E-state index contributed by atoms with van der Waals surface area (Å²) < 4.78 is 45.3. The van der Waals surface area contributed by atoms with Crippen molar-refractivity contribution in [1.29, 1.82) is 0 Å². The van der Waals surface area contributed by atoms with Crippen LogP contribution in [0.15, 0.2) is 6.07 Å². The Balaban J connectivity index is 2.30. The van der Waals surface area contributed by atoms with E-state index in [1.165, 1.54) is 0 Å². The van der Waals surface area contributed by atoms with Gasteiger partial charge in [0.15, 0.2) is 5.69 Å². The summed E-state index contributed by atoms with van der Waals surface area (Å²) in [5, 5.41) is 13.0. The van der Waals surface area contributed by atoms with E-state index in [2.05, 4.69) is 5.10 Å². The van der Waals surface area contributed by atoms with Gasteiger partial charge in [-0.2, -0.15) is 13.2 Å². The van der Waals surface area contributed by atoms with Crippen LogP contribution in [0.3, 0.4) is 0 Å². The number of hydrogen-bond acceptors (Lipinski definition) is 6. The quantitative estimate of drug-likeness (QED) is 0.298. The molecule has 1 fully saturated rings. The number of anilines is 1.